The van der Waals surface area contributed by atoms with Crippen molar-refractivity contribution in [3.8, 4) is 11.1 Å². The molecule has 2 aromatic carbocycles. The van der Waals surface area contributed by atoms with Crippen LogP contribution in [0.2, 0.25) is 0 Å². The maximum Gasteiger partial charge on any atom is 0.250 e. The Morgan fingerprint density at radius 1 is 1.05 bits per heavy atom. The van der Waals surface area contributed by atoms with Gasteiger partial charge in [-0.05, 0) is 79.9 Å². The number of carbonyl (C=O) groups is 1. The molecule has 0 saturated carbocycles. The van der Waals surface area contributed by atoms with Gasteiger partial charge in [0.1, 0.15) is 0 Å². The summed E-state index contributed by atoms with van der Waals surface area (Å²) in [4.78, 5) is 17.7. The number of aromatic nitrogens is 1. The van der Waals surface area contributed by atoms with E-state index < -0.39 is 15.9 Å². The summed E-state index contributed by atoms with van der Waals surface area (Å²) in [6, 6.07) is 14.0. The van der Waals surface area contributed by atoms with Crippen LogP contribution in [0.1, 0.15) is 53.9 Å². The first-order valence-electron chi connectivity index (χ1n) is 13.2. The SMILES string of the molecule is NC(=O)c1cc(-c2ccccc2)cc2c(C3CCN(S(=O)(=O)CCCN4CCC[C@H]4CO)CC3)c[nH]c12. The minimum Gasteiger partial charge on any atom is -0.395 e. The molecule has 0 bridgehead atoms. The number of aliphatic hydroxyl groups excluding tert-OH is 1. The van der Waals surface area contributed by atoms with Gasteiger partial charge in [0.15, 0.2) is 0 Å². The second kappa shape index (κ2) is 10.9. The van der Waals surface area contributed by atoms with Crippen LogP contribution in [-0.2, 0) is 10.0 Å². The van der Waals surface area contributed by atoms with Gasteiger partial charge in [-0.2, -0.15) is 0 Å². The van der Waals surface area contributed by atoms with E-state index in [-0.39, 0.29) is 24.3 Å². The lowest BCUT2D eigenvalue weighted by atomic mass is 9.88. The molecule has 2 fully saturated rings. The lowest BCUT2D eigenvalue weighted by Crippen LogP contribution is -2.40. The van der Waals surface area contributed by atoms with Crippen LogP contribution < -0.4 is 5.73 Å². The molecule has 0 aliphatic carbocycles. The van der Waals surface area contributed by atoms with Crippen molar-refractivity contribution in [1.29, 1.82) is 0 Å². The van der Waals surface area contributed by atoms with E-state index in [9.17, 15) is 18.3 Å². The maximum atomic E-state index is 13.0. The largest absolute Gasteiger partial charge is 0.395 e. The number of sulfonamides is 1. The number of piperidine rings is 1. The van der Waals surface area contributed by atoms with Crippen molar-refractivity contribution in [2.75, 3.05) is 38.5 Å². The van der Waals surface area contributed by atoms with Gasteiger partial charge < -0.3 is 15.8 Å². The number of carbonyl (C=O) groups excluding carboxylic acids is 1. The molecule has 37 heavy (non-hydrogen) atoms. The first-order chi connectivity index (χ1) is 17.9. The van der Waals surface area contributed by atoms with Gasteiger partial charge in [-0.1, -0.05) is 30.3 Å². The van der Waals surface area contributed by atoms with E-state index in [1.165, 1.54) is 0 Å². The Morgan fingerprint density at radius 2 is 1.81 bits per heavy atom. The summed E-state index contributed by atoms with van der Waals surface area (Å²) in [7, 11) is -3.32. The van der Waals surface area contributed by atoms with Gasteiger partial charge in [0.05, 0.1) is 23.4 Å². The van der Waals surface area contributed by atoms with Crippen molar-refractivity contribution < 1.29 is 18.3 Å². The minimum atomic E-state index is -3.32. The number of hydrogen-bond donors (Lipinski definition) is 3. The standard InChI is InChI=1S/C28H36N4O4S/c29-28(34)25-17-22(20-6-2-1-3-7-20)16-24-26(18-30-27(24)25)21-9-13-32(14-10-21)37(35,36)15-5-12-31-11-4-8-23(31)19-33/h1-3,6-7,16-18,21,23,30,33H,4-5,8-15,19H2,(H2,29,34)/t23-/m0/s1. The summed E-state index contributed by atoms with van der Waals surface area (Å²) in [5.41, 5.74) is 9.98. The summed E-state index contributed by atoms with van der Waals surface area (Å²) >= 11 is 0. The highest BCUT2D eigenvalue weighted by Gasteiger charge is 2.31. The molecule has 8 nitrogen and oxygen atoms in total. The highest BCUT2D eigenvalue weighted by Crippen LogP contribution is 2.37. The number of rotatable bonds is 9. The number of primary amides is 1. The highest BCUT2D eigenvalue weighted by atomic mass is 32.2. The van der Waals surface area contributed by atoms with Crippen molar-refractivity contribution in [3.63, 3.8) is 0 Å². The van der Waals surface area contributed by atoms with Gasteiger partial charge in [0.25, 0.3) is 5.91 Å². The molecule has 3 aromatic rings. The van der Waals surface area contributed by atoms with Gasteiger partial charge in [0, 0.05) is 30.7 Å². The first-order valence-corrected chi connectivity index (χ1v) is 14.8. The molecule has 4 N–H and O–H groups in total. The Hall–Kier alpha value is -2.72. The van der Waals surface area contributed by atoms with Crippen LogP contribution in [0.4, 0.5) is 0 Å². The van der Waals surface area contributed by atoms with Gasteiger partial charge >= 0.3 is 0 Å². The number of nitrogens with one attached hydrogen (secondary N) is 1. The lowest BCUT2D eigenvalue weighted by Gasteiger charge is -2.31. The van der Waals surface area contributed by atoms with Gasteiger partial charge in [-0.25, -0.2) is 12.7 Å². The number of aliphatic hydroxyl groups is 1. The van der Waals surface area contributed by atoms with Crippen LogP contribution in [0.3, 0.4) is 0 Å². The van der Waals surface area contributed by atoms with Crippen LogP contribution in [0.25, 0.3) is 22.0 Å². The minimum absolute atomic E-state index is 0.141. The molecule has 1 amide bonds. The van der Waals surface area contributed by atoms with E-state index in [0.29, 0.717) is 31.6 Å². The Balaban J connectivity index is 1.28. The molecule has 198 valence electrons. The fourth-order valence-electron chi connectivity index (χ4n) is 6.00. The quantitative estimate of drug-likeness (QED) is 0.397. The predicted molar refractivity (Wildman–Crippen MR) is 146 cm³/mol. The molecule has 0 radical (unpaired) electrons. The van der Waals surface area contributed by atoms with Crippen molar-refractivity contribution in [2.24, 2.45) is 5.73 Å². The molecule has 9 heteroatoms. The molecule has 5 rings (SSSR count). The van der Waals surface area contributed by atoms with Crippen LogP contribution in [-0.4, -0.2) is 78.2 Å². The summed E-state index contributed by atoms with van der Waals surface area (Å²) in [5.74, 6) is -0.139. The van der Waals surface area contributed by atoms with E-state index in [2.05, 4.69) is 16.0 Å². The summed E-state index contributed by atoms with van der Waals surface area (Å²) < 4.78 is 27.7. The Labute approximate surface area is 218 Å². The molecule has 2 saturated heterocycles. The number of nitrogens with zero attached hydrogens (tertiary/aromatic N) is 2. The molecule has 1 aromatic heterocycles. The van der Waals surface area contributed by atoms with Crippen LogP contribution in [0, 0.1) is 0 Å². The number of aromatic amines is 1. The molecular formula is C28H36N4O4S. The van der Waals surface area contributed by atoms with Gasteiger partial charge in [-0.3, -0.25) is 9.69 Å². The Bertz CT molecular complexity index is 1350. The number of H-pyrrole nitrogens is 1. The number of hydrogen-bond acceptors (Lipinski definition) is 5. The fraction of sp³-hybridized carbons (Fsp3) is 0.464. The van der Waals surface area contributed by atoms with E-state index >= 15 is 0 Å². The number of nitrogens with two attached hydrogens (primary N) is 1. The molecule has 2 aliphatic rings. The molecule has 2 aliphatic heterocycles. The lowest BCUT2D eigenvalue weighted by molar-refractivity contribution is 0.100. The van der Waals surface area contributed by atoms with Crippen LogP contribution in [0.5, 0.6) is 0 Å². The second-order valence-corrected chi connectivity index (χ2v) is 12.4. The van der Waals surface area contributed by atoms with E-state index in [0.717, 1.165) is 59.8 Å². The topological polar surface area (TPSA) is 120 Å². The molecular weight excluding hydrogens is 488 g/mol. The summed E-state index contributed by atoms with van der Waals surface area (Å²) in [6.07, 6.45) is 6.04. The monoisotopic (exact) mass is 524 g/mol. The van der Waals surface area contributed by atoms with E-state index in [1.807, 2.05) is 42.6 Å². The number of benzene rings is 2. The zero-order valence-electron chi connectivity index (χ0n) is 21.1. The third-order valence-electron chi connectivity index (χ3n) is 8.04. The predicted octanol–water partition coefficient (Wildman–Crippen LogP) is 3.29. The molecule has 0 spiro atoms. The Morgan fingerprint density at radius 3 is 2.51 bits per heavy atom. The number of amides is 1. The molecule has 3 heterocycles. The van der Waals surface area contributed by atoms with Crippen molar-refractivity contribution in [2.45, 2.75) is 44.1 Å². The first kappa shape index (κ1) is 25.9. The third kappa shape index (κ3) is 5.45. The average molecular weight is 525 g/mol. The van der Waals surface area contributed by atoms with Crippen molar-refractivity contribution >= 4 is 26.8 Å². The number of fused-ring (bicyclic) bond motifs is 1. The van der Waals surface area contributed by atoms with Crippen molar-refractivity contribution in [3.05, 3.63) is 59.8 Å². The van der Waals surface area contributed by atoms with Crippen molar-refractivity contribution in [1.82, 2.24) is 14.2 Å². The van der Waals surface area contributed by atoms with Gasteiger partial charge in [0.2, 0.25) is 10.0 Å². The van der Waals surface area contributed by atoms with E-state index in [1.54, 1.807) is 4.31 Å². The zero-order chi connectivity index (χ0) is 26.0. The smallest absolute Gasteiger partial charge is 0.250 e. The normalized spacial score (nSPS) is 20.1. The van der Waals surface area contributed by atoms with E-state index in [4.69, 9.17) is 5.73 Å². The maximum absolute atomic E-state index is 13.0. The molecule has 1 atom stereocenters. The van der Waals surface area contributed by atoms with Gasteiger partial charge in [-0.15, -0.1) is 0 Å². The summed E-state index contributed by atoms with van der Waals surface area (Å²) in [5, 5.41) is 10.5. The number of likely N-dealkylation sites (tertiary alicyclic amines) is 1. The average Bonchev–Trinajstić information content (AvgIpc) is 3.55. The molecule has 0 unspecified atom stereocenters. The zero-order valence-corrected chi connectivity index (χ0v) is 21.9. The highest BCUT2D eigenvalue weighted by molar-refractivity contribution is 7.89. The van der Waals surface area contributed by atoms with Crippen LogP contribution in [0.15, 0.2) is 48.7 Å². The fourth-order valence-corrected chi connectivity index (χ4v) is 7.52. The third-order valence-corrected chi connectivity index (χ3v) is 10.00. The van der Waals surface area contributed by atoms with Crippen LogP contribution >= 0.6 is 0 Å². The Kier molecular flexibility index (Phi) is 7.67. The second-order valence-electron chi connectivity index (χ2n) is 10.3. The summed E-state index contributed by atoms with van der Waals surface area (Å²) in [6.45, 7) is 2.77.